The topological polar surface area (TPSA) is 132 Å². The summed E-state index contributed by atoms with van der Waals surface area (Å²) in [7, 11) is 0. The Balaban J connectivity index is 1.27. The number of nitro groups is 1. The first-order valence-electron chi connectivity index (χ1n) is 12.5. The average molecular weight is 533 g/mol. The molecular weight excluding hydrogens is 508 g/mol. The van der Waals surface area contributed by atoms with E-state index < -0.39 is 28.7 Å². The number of nitrogens with one attached hydrogen (secondary N) is 1. The number of anilines is 1. The maximum atomic E-state index is 13.5. The van der Waals surface area contributed by atoms with Crippen molar-refractivity contribution in [1.82, 2.24) is 9.88 Å². The molecule has 10 nitrogen and oxygen atoms in total. The van der Waals surface area contributed by atoms with E-state index in [1.54, 1.807) is 0 Å². The van der Waals surface area contributed by atoms with Crippen LogP contribution in [0.5, 0.6) is 5.75 Å². The zero-order valence-electron chi connectivity index (χ0n) is 20.4. The highest BCUT2D eigenvalue weighted by Gasteiger charge is 2.60. The number of imide groups is 1. The zero-order valence-corrected chi connectivity index (χ0v) is 21.2. The number of carbonyl (C=O) groups is 3. The van der Waals surface area contributed by atoms with Gasteiger partial charge in [0.25, 0.3) is 5.69 Å². The van der Waals surface area contributed by atoms with Gasteiger partial charge in [0.15, 0.2) is 5.13 Å². The summed E-state index contributed by atoms with van der Waals surface area (Å²) in [5.74, 6) is -1.04. The number of ether oxygens (including phenoxy) is 1. The lowest BCUT2D eigenvalue weighted by Crippen LogP contribution is -2.38. The number of allylic oxidation sites excluding steroid dienone is 2. The number of rotatable bonds is 8. The lowest BCUT2D eigenvalue weighted by Gasteiger charge is -2.27. The van der Waals surface area contributed by atoms with Gasteiger partial charge >= 0.3 is 0 Å². The fourth-order valence-electron chi connectivity index (χ4n) is 5.97. The van der Waals surface area contributed by atoms with Crippen molar-refractivity contribution in [2.75, 3.05) is 11.9 Å². The Bertz CT molecular complexity index is 1470. The van der Waals surface area contributed by atoms with E-state index in [0.29, 0.717) is 28.6 Å². The van der Waals surface area contributed by atoms with Crippen molar-refractivity contribution in [2.45, 2.75) is 25.8 Å². The van der Waals surface area contributed by atoms with Crippen LogP contribution in [0.1, 0.15) is 31.4 Å². The molecule has 1 aliphatic heterocycles. The lowest BCUT2D eigenvalue weighted by atomic mass is 9.85. The third-order valence-electron chi connectivity index (χ3n) is 7.60. The molecule has 38 heavy (non-hydrogen) atoms. The van der Waals surface area contributed by atoms with Crippen molar-refractivity contribution in [3.05, 3.63) is 70.3 Å². The van der Waals surface area contributed by atoms with Crippen LogP contribution < -0.4 is 10.1 Å². The van der Waals surface area contributed by atoms with Crippen molar-refractivity contribution in [3.8, 4) is 5.75 Å². The van der Waals surface area contributed by atoms with Crippen molar-refractivity contribution >= 4 is 50.1 Å². The lowest BCUT2D eigenvalue weighted by molar-refractivity contribution is -0.384. The average Bonchev–Trinajstić information content (AvgIpc) is 3.66. The molecule has 2 fully saturated rings. The fraction of sp³-hybridized carbons (Fsp3) is 0.333. The van der Waals surface area contributed by atoms with Gasteiger partial charge in [0.1, 0.15) is 5.75 Å². The molecule has 5 unspecified atom stereocenters. The van der Waals surface area contributed by atoms with Gasteiger partial charge in [-0.15, -0.1) is 0 Å². The molecule has 2 aliphatic carbocycles. The van der Waals surface area contributed by atoms with Gasteiger partial charge in [0.05, 0.1) is 46.0 Å². The summed E-state index contributed by atoms with van der Waals surface area (Å²) in [6.45, 7) is 2.43. The number of hydrogen-bond donors (Lipinski definition) is 1. The number of aromatic nitrogens is 1. The second-order valence-electron chi connectivity index (χ2n) is 9.74. The zero-order chi connectivity index (χ0) is 26.6. The molecule has 2 aromatic carbocycles. The van der Waals surface area contributed by atoms with Gasteiger partial charge < -0.3 is 10.1 Å². The fourth-order valence-corrected chi connectivity index (χ4v) is 6.88. The molecule has 0 radical (unpaired) electrons. The van der Waals surface area contributed by atoms with Crippen LogP contribution >= 0.6 is 11.3 Å². The predicted octanol–water partition coefficient (Wildman–Crippen LogP) is 4.48. The summed E-state index contributed by atoms with van der Waals surface area (Å²) in [5.41, 5.74) is 1.08. The minimum atomic E-state index is -0.889. The van der Waals surface area contributed by atoms with Crippen molar-refractivity contribution in [3.63, 3.8) is 0 Å². The van der Waals surface area contributed by atoms with E-state index in [2.05, 4.69) is 10.3 Å². The van der Waals surface area contributed by atoms with Crippen LogP contribution in [0.25, 0.3) is 10.2 Å². The summed E-state index contributed by atoms with van der Waals surface area (Å²) in [4.78, 5) is 56.6. The van der Waals surface area contributed by atoms with E-state index in [-0.39, 0.29) is 35.8 Å². The Hall–Kier alpha value is -4.12. The maximum absolute atomic E-state index is 13.5. The van der Waals surface area contributed by atoms with Crippen LogP contribution in [0, 0.1) is 33.8 Å². The highest BCUT2D eigenvalue weighted by molar-refractivity contribution is 7.22. The number of hydrogen-bond acceptors (Lipinski definition) is 8. The van der Waals surface area contributed by atoms with Gasteiger partial charge in [-0.2, -0.15) is 0 Å². The standard InChI is InChI=1S/C27H24N4O6S/c1-2-37-18-9-10-19-21(12-18)38-27(28-19)29-22(32)13-20(14-5-7-17(8-6-14)31(35)36)30-25(33)23-15-3-4-16(11-15)24(23)26(30)34/h3-10,12,15-16,20,23-24H,2,11,13H2,1H3,(H,28,29,32). The largest absolute Gasteiger partial charge is 0.494 e. The normalized spacial score (nSPS) is 24.2. The van der Waals surface area contributed by atoms with E-state index in [1.165, 1.54) is 40.5 Å². The molecular formula is C27H24N4O6S. The van der Waals surface area contributed by atoms with Gasteiger partial charge in [0, 0.05) is 12.1 Å². The van der Waals surface area contributed by atoms with Crippen LogP contribution in [0.4, 0.5) is 10.8 Å². The number of non-ortho nitro benzene ring substituents is 1. The second kappa shape index (κ2) is 9.32. The molecule has 2 heterocycles. The molecule has 11 heteroatoms. The predicted molar refractivity (Wildman–Crippen MR) is 139 cm³/mol. The van der Waals surface area contributed by atoms with Crippen molar-refractivity contribution in [2.24, 2.45) is 23.7 Å². The Kier molecular flexibility index (Phi) is 5.94. The Morgan fingerprint density at radius 2 is 1.84 bits per heavy atom. The van der Waals surface area contributed by atoms with E-state index in [0.717, 1.165) is 11.1 Å². The molecule has 3 amide bonds. The highest BCUT2D eigenvalue weighted by atomic mass is 32.1. The SMILES string of the molecule is CCOc1ccc2nc(NC(=O)CC(c3ccc([N+](=O)[O-])cc3)N3C(=O)C4C5C=CC(C5)C4C3=O)sc2c1. The molecule has 194 valence electrons. The molecule has 2 bridgehead atoms. The summed E-state index contributed by atoms with van der Waals surface area (Å²) < 4.78 is 6.38. The Morgan fingerprint density at radius 3 is 2.47 bits per heavy atom. The number of nitro benzene ring substituents is 1. The molecule has 1 saturated carbocycles. The second-order valence-corrected chi connectivity index (χ2v) is 10.8. The number of amides is 3. The quantitative estimate of drug-likeness (QED) is 0.196. The Morgan fingerprint density at radius 1 is 1.16 bits per heavy atom. The molecule has 1 saturated heterocycles. The number of benzene rings is 2. The van der Waals surface area contributed by atoms with E-state index in [4.69, 9.17) is 4.74 Å². The third-order valence-corrected chi connectivity index (χ3v) is 8.53. The van der Waals surface area contributed by atoms with Crippen LogP contribution in [0.2, 0.25) is 0 Å². The monoisotopic (exact) mass is 532 g/mol. The summed E-state index contributed by atoms with van der Waals surface area (Å²) in [6.07, 6.45) is 4.62. The van der Waals surface area contributed by atoms with E-state index in [9.17, 15) is 24.5 Å². The highest BCUT2D eigenvalue weighted by Crippen LogP contribution is 2.54. The van der Waals surface area contributed by atoms with Gasteiger partial charge in [0.2, 0.25) is 17.7 Å². The first-order chi connectivity index (χ1) is 18.3. The van der Waals surface area contributed by atoms with Gasteiger partial charge in [-0.1, -0.05) is 35.6 Å². The minimum absolute atomic E-state index is 0.0297. The number of nitrogens with zero attached hydrogens (tertiary/aromatic N) is 3. The summed E-state index contributed by atoms with van der Waals surface area (Å²) in [5, 5.41) is 14.4. The number of likely N-dealkylation sites (tertiary alicyclic amines) is 1. The Labute approximate surface area is 221 Å². The molecule has 3 aromatic rings. The van der Waals surface area contributed by atoms with Crippen molar-refractivity contribution in [1.29, 1.82) is 0 Å². The first-order valence-corrected chi connectivity index (χ1v) is 13.3. The van der Waals surface area contributed by atoms with Gasteiger partial charge in [-0.05, 0) is 48.9 Å². The van der Waals surface area contributed by atoms with Crippen LogP contribution in [-0.2, 0) is 14.4 Å². The first kappa shape index (κ1) is 24.2. The van der Waals surface area contributed by atoms with Crippen LogP contribution in [0.15, 0.2) is 54.6 Å². The number of carbonyl (C=O) groups excluding carboxylic acids is 3. The van der Waals surface area contributed by atoms with Crippen LogP contribution in [-0.4, -0.2) is 39.1 Å². The van der Waals surface area contributed by atoms with E-state index >= 15 is 0 Å². The summed E-state index contributed by atoms with van der Waals surface area (Å²) in [6, 6.07) is 10.2. The molecule has 5 atom stereocenters. The smallest absolute Gasteiger partial charge is 0.269 e. The maximum Gasteiger partial charge on any atom is 0.269 e. The molecule has 1 aromatic heterocycles. The molecule has 1 N–H and O–H groups in total. The van der Waals surface area contributed by atoms with E-state index in [1.807, 2.05) is 37.3 Å². The number of fused-ring (bicyclic) bond motifs is 6. The molecule has 6 rings (SSSR count). The van der Waals surface area contributed by atoms with Crippen molar-refractivity contribution < 1.29 is 24.0 Å². The summed E-state index contributed by atoms with van der Waals surface area (Å²) >= 11 is 1.30. The van der Waals surface area contributed by atoms with Gasteiger partial charge in [-0.3, -0.25) is 29.4 Å². The third kappa shape index (κ3) is 4.03. The van der Waals surface area contributed by atoms with Gasteiger partial charge in [-0.25, -0.2) is 4.98 Å². The number of thiazole rings is 1. The minimum Gasteiger partial charge on any atom is -0.494 e. The molecule has 0 spiro atoms. The van der Waals surface area contributed by atoms with Crippen LogP contribution in [0.3, 0.4) is 0 Å². The molecule has 3 aliphatic rings.